The molecule has 0 spiro atoms. The Labute approximate surface area is 151 Å². The van der Waals surface area contributed by atoms with Crippen LogP contribution in [0, 0.1) is 0 Å². The molecule has 0 N–H and O–H groups in total. The Balaban J connectivity index is 1.59. The lowest BCUT2D eigenvalue weighted by molar-refractivity contribution is 0.222. The van der Waals surface area contributed by atoms with Gasteiger partial charge in [-0.25, -0.2) is 0 Å². The molecular formula is C20H29N5. The molecule has 1 aliphatic heterocycles. The lowest BCUT2D eigenvalue weighted by atomic mass is 9.97. The molecule has 5 nitrogen and oxygen atoms in total. The maximum absolute atomic E-state index is 4.50. The summed E-state index contributed by atoms with van der Waals surface area (Å²) in [5.41, 5.74) is 1.26. The molecule has 1 aromatic carbocycles. The van der Waals surface area contributed by atoms with Crippen LogP contribution in [0.25, 0.3) is 6.08 Å². The smallest absolute Gasteiger partial charge is 0.146 e. The molecule has 2 heterocycles. The number of hydrogen-bond donors (Lipinski definition) is 0. The van der Waals surface area contributed by atoms with Crippen molar-refractivity contribution in [2.75, 3.05) is 33.7 Å². The molecule has 0 saturated carbocycles. The number of nitrogens with zero attached hydrogens (tertiary/aromatic N) is 5. The SMILES string of the molecule is CN(C)Cc1nnc(C2CCCN(CC=Cc3ccccc3)C2)n1C. The Morgan fingerprint density at radius 1 is 1.20 bits per heavy atom. The lowest BCUT2D eigenvalue weighted by Crippen LogP contribution is -2.35. The monoisotopic (exact) mass is 339 g/mol. The van der Waals surface area contributed by atoms with Crippen molar-refractivity contribution in [2.24, 2.45) is 7.05 Å². The molecule has 2 aromatic rings. The predicted octanol–water partition coefficient (Wildman–Crippen LogP) is 2.77. The molecule has 0 amide bonds. The zero-order chi connectivity index (χ0) is 17.6. The number of piperidine rings is 1. The Kier molecular flexibility index (Phi) is 6.00. The second-order valence-corrected chi connectivity index (χ2v) is 7.18. The highest BCUT2D eigenvalue weighted by Crippen LogP contribution is 2.25. The van der Waals surface area contributed by atoms with Gasteiger partial charge in [-0.1, -0.05) is 42.5 Å². The van der Waals surface area contributed by atoms with Gasteiger partial charge in [-0.2, -0.15) is 0 Å². The van der Waals surface area contributed by atoms with Crippen LogP contribution in [-0.4, -0.2) is 58.3 Å². The average molecular weight is 339 g/mol. The molecular weight excluding hydrogens is 310 g/mol. The van der Waals surface area contributed by atoms with Crippen LogP contribution in [0.3, 0.4) is 0 Å². The van der Waals surface area contributed by atoms with E-state index in [4.69, 9.17) is 0 Å². The van der Waals surface area contributed by atoms with Gasteiger partial charge in [0.1, 0.15) is 11.6 Å². The van der Waals surface area contributed by atoms with Crippen LogP contribution in [0.4, 0.5) is 0 Å². The highest BCUT2D eigenvalue weighted by molar-refractivity contribution is 5.48. The molecule has 0 aliphatic carbocycles. The minimum absolute atomic E-state index is 0.479. The van der Waals surface area contributed by atoms with Crippen LogP contribution in [0.1, 0.15) is 36.0 Å². The fraction of sp³-hybridized carbons (Fsp3) is 0.500. The van der Waals surface area contributed by atoms with E-state index < -0.39 is 0 Å². The van der Waals surface area contributed by atoms with Gasteiger partial charge in [0.15, 0.2) is 0 Å². The number of rotatable bonds is 6. The summed E-state index contributed by atoms with van der Waals surface area (Å²) in [4.78, 5) is 4.66. The fourth-order valence-corrected chi connectivity index (χ4v) is 3.49. The first-order valence-electron chi connectivity index (χ1n) is 9.10. The van der Waals surface area contributed by atoms with Crippen molar-refractivity contribution < 1.29 is 0 Å². The van der Waals surface area contributed by atoms with E-state index in [0.29, 0.717) is 5.92 Å². The highest BCUT2D eigenvalue weighted by Gasteiger charge is 2.25. The van der Waals surface area contributed by atoms with Crippen LogP contribution < -0.4 is 0 Å². The Bertz CT molecular complexity index is 689. The first-order valence-corrected chi connectivity index (χ1v) is 9.10. The van der Waals surface area contributed by atoms with Gasteiger partial charge in [0.25, 0.3) is 0 Å². The number of likely N-dealkylation sites (tertiary alicyclic amines) is 1. The van der Waals surface area contributed by atoms with Crippen molar-refractivity contribution >= 4 is 6.08 Å². The standard InChI is InChI=1S/C20H29N5/c1-23(2)16-19-21-22-20(24(19)3)18-12-8-14-25(15-18)13-7-11-17-9-5-4-6-10-17/h4-7,9-11,18H,8,12-16H2,1-3H3. The summed E-state index contributed by atoms with van der Waals surface area (Å²) in [6.45, 7) is 4.05. The topological polar surface area (TPSA) is 37.2 Å². The van der Waals surface area contributed by atoms with E-state index in [1.807, 2.05) is 0 Å². The molecule has 1 fully saturated rings. The molecule has 0 bridgehead atoms. The second-order valence-electron chi connectivity index (χ2n) is 7.18. The maximum atomic E-state index is 4.50. The molecule has 1 aliphatic rings. The van der Waals surface area contributed by atoms with Crippen LogP contribution >= 0.6 is 0 Å². The van der Waals surface area contributed by atoms with E-state index in [1.165, 1.54) is 18.4 Å². The zero-order valence-electron chi connectivity index (χ0n) is 15.6. The van der Waals surface area contributed by atoms with Gasteiger partial charge in [-0.15, -0.1) is 10.2 Å². The predicted molar refractivity (Wildman–Crippen MR) is 102 cm³/mol. The van der Waals surface area contributed by atoms with Crippen molar-refractivity contribution in [1.82, 2.24) is 24.6 Å². The molecule has 3 rings (SSSR count). The van der Waals surface area contributed by atoms with Gasteiger partial charge in [0.05, 0.1) is 6.54 Å². The summed E-state index contributed by atoms with van der Waals surface area (Å²) in [6, 6.07) is 10.5. The molecule has 1 atom stereocenters. The zero-order valence-corrected chi connectivity index (χ0v) is 15.6. The van der Waals surface area contributed by atoms with Crippen molar-refractivity contribution in [2.45, 2.75) is 25.3 Å². The largest absolute Gasteiger partial charge is 0.317 e. The van der Waals surface area contributed by atoms with Crippen molar-refractivity contribution in [1.29, 1.82) is 0 Å². The van der Waals surface area contributed by atoms with Crippen LogP contribution in [0.5, 0.6) is 0 Å². The quantitative estimate of drug-likeness (QED) is 0.811. The third-order valence-corrected chi connectivity index (χ3v) is 4.80. The second kappa shape index (κ2) is 8.41. The van der Waals surface area contributed by atoms with Gasteiger partial charge in [0, 0.05) is 26.1 Å². The van der Waals surface area contributed by atoms with Gasteiger partial charge >= 0.3 is 0 Å². The fourth-order valence-electron chi connectivity index (χ4n) is 3.49. The summed E-state index contributed by atoms with van der Waals surface area (Å²) in [5.74, 6) is 2.65. The normalized spacial score (nSPS) is 19.1. The third-order valence-electron chi connectivity index (χ3n) is 4.80. The van der Waals surface area contributed by atoms with Crippen molar-refractivity contribution in [3.8, 4) is 0 Å². The van der Waals surface area contributed by atoms with Crippen LogP contribution in [0.2, 0.25) is 0 Å². The molecule has 1 saturated heterocycles. The minimum Gasteiger partial charge on any atom is -0.317 e. The number of aromatic nitrogens is 3. The minimum atomic E-state index is 0.479. The molecule has 1 aromatic heterocycles. The van der Waals surface area contributed by atoms with E-state index in [1.54, 1.807) is 0 Å². The molecule has 25 heavy (non-hydrogen) atoms. The van der Waals surface area contributed by atoms with Gasteiger partial charge < -0.3 is 9.47 Å². The summed E-state index contributed by atoms with van der Waals surface area (Å²) < 4.78 is 2.19. The first-order chi connectivity index (χ1) is 12.1. The summed E-state index contributed by atoms with van der Waals surface area (Å²) in [7, 11) is 6.23. The average Bonchev–Trinajstić information content (AvgIpc) is 2.96. The summed E-state index contributed by atoms with van der Waals surface area (Å²) in [5, 5.41) is 8.89. The third kappa shape index (κ3) is 4.77. The van der Waals surface area contributed by atoms with Gasteiger partial charge in [0.2, 0.25) is 0 Å². The maximum Gasteiger partial charge on any atom is 0.146 e. The number of hydrogen-bond acceptors (Lipinski definition) is 4. The Hall–Kier alpha value is -1.98. The lowest BCUT2D eigenvalue weighted by Gasteiger charge is -2.31. The number of benzene rings is 1. The summed E-state index contributed by atoms with van der Waals surface area (Å²) in [6.07, 6.45) is 6.90. The van der Waals surface area contributed by atoms with E-state index in [0.717, 1.165) is 37.8 Å². The Morgan fingerprint density at radius 3 is 2.76 bits per heavy atom. The highest BCUT2D eigenvalue weighted by atomic mass is 15.3. The molecule has 1 unspecified atom stereocenters. The molecule has 0 radical (unpaired) electrons. The molecule has 134 valence electrons. The summed E-state index contributed by atoms with van der Waals surface area (Å²) >= 11 is 0. The van der Waals surface area contributed by atoms with E-state index in [2.05, 4.69) is 88.2 Å². The molecule has 5 heteroatoms. The van der Waals surface area contributed by atoms with Crippen LogP contribution in [-0.2, 0) is 13.6 Å². The van der Waals surface area contributed by atoms with Crippen molar-refractivity contribution in [3.63, 3.8) is 0 Å². The first kappa shape index (κ1) is 17.8. The van der Waals surface area contributed by atoms with Gasteiger partial charge in [-0.3, -0.25) is 4.90 Å². The van der Waals surface area contributed by atoms with E-state index in [-0.39, 0.29) is 0 Å². The van der Waals surface area contributed by atoms with Crippen molar-refractivity contribution in [3.05, 3.63) is 53.6 Å². The van der Waals surface area contributed by atoms with E-state index >= 15 is 0 Å². The van der Waals surface area contributed by atoms with E-state index in [9.17, 15) is 0 Å². The van der Waals surface area contributed by atoms with Crippen LogP contribution in [0.15, 0.2) is 36.4 Å². The Morgan fingerprint density at radius 2 is 2.00 bits per heavy atom. The van der Waals surface area contributed by atoms with Gasteiger partial charge in [-0.05, 0) is 39.0 Å².